The number of phenolic OH excluding ortho intramolecular Hbond substituents is 1. The molecular weight excluding hydrogens is 218 g/mol. The standard InChI is InChI=1S/C13H15NO3/c15-9-3-4-11-10(7-9)14-12(16)13(8-17-11)5-1-2-6-13/h3-4,7,15H,1-2,5-6,8H2,(H,14,16). The van der Waals surface area contributed by atoms with E-state index in [2.05, 4.69) is 5.32 Å². The first-order valence-electron chi connectivity index (χ1n) is 5.97. The number of carbonyl (C=O) groups is 1. The van der Waals surface area contributed by atoms with Gasteiger partial charge in [-0.1, -0.05) is 12.8 Å². The summed E-state index contributed by atoms with van der Waals surface area (Å²) in [5, 5.41) is 12.3. The smallest absolute Gasteiger partial charge is 0.234 e. The Morgan fingerprint density at radius 3 is 2.82 bits per heavy atom. The molecule has 4 nitrogen and oxygen atoms in total. The van der Waals surface area contributed by atoms with Crippen molar-refractivity contribution < 1.29 is 14.6 Å². The van der Waals surface area contributed by atoms with Crippen molar-refractivity contribution in [1.29, 1.82) is 0 Å². The normalized spacial score (nSPS) is 21.5. The molecule has 0 aromatic heterocycles. The van der Waals surface area contributed by atoms with Gasteiger partial charge in [-0.25, -0.2) is 0 Å². The van der Waals surface area contributed by atoms with Crippen LogP contribution >= 0.6 is 0 Å². The van der Waals surface area contributed by atoms with E-state index in [0.717, 1.165) is 25.7 Å². The second-order valence-corrected chi connectivity index (χ2v) is 4.91. The van der Waals surface area contributed by atoms with E-state index in [9.17, 15) is 9.90 Å². The quantitative estimate of drug-likeness (QED) is 0.722. The topological polar surface area (TPSA) is 58.6 Å². The van der Waals surface area contributed by atoms with Crippen molar-refractivity contribution in [3.63, 3.8) is 0 Å². The van der Waals surface area contributed by atoms with Crippen LogP contribution in [0.2, 0.25) is 0 Å². The van der Waals surface area contributed by atoms with Crippen LogP contribution in [-0.4, -0.2) is 17.6 Å². The van der Waals surface area contributed by atoms with Crippen LogP contribution < -0.4 is 10.1 Å². The molecule has 1 saturated carbocycles. The highest BCUT2D eigenvalue weighted by Gasteiger charge is 2.43. The summed E-state index contributed by atoms with van der Waals surface area (Å²) in [7, 11) is 0. The number of phenols is 1. The average molecular weight is 233 g/mol. The Morgan fingerprint density at radius 2 is 2.06 bits per heavy atom. The lowest BCUT2D eigenvalue weighted by Gasteiger charge is -2.23. The summed E-state index contributed by atoms with van der Waals surface area (Å²) in [6.07, 6.45) is 3.94. The fourth-order valence-electron chi connectivity index (χ4n) is 2.70. The predicted molar refractivity (Wildman–Crippen MR) is 63.1 cm³/mol. The molecule has 1 aliphatic heterocycles. The van der Waals surface area contributed by atoms with Crippen LogP contribution in [0.5, 0.6) is 11.5 Å². The molecule has 1 aromatic carbocycles. The molecule has 1 aromatic rings. The number of fused-ring (bicyclic) bond motifs is 1. The van der Waals surface area contributed by atoms with Crippen LogP contribution in [0.3, 0.4) is 0 Å². The molecule has 1 spiro atoms. The van der Waals surface area contributed by atoms with Gasteiger partial charge in [0.2, 0.25) is 5.91 Å². The number of carbonyl (C=O) groups excluding carboxylic acids is 1. The van der Waals surface area contributed by atoms with Gasteiger partial charge in [-0.15, -0.1) is 0 Å². The molecule has 17 heavy (non-hydrogen) atoms. The zero-order chi connectivity index (χ0) is 11.9. The van der Waals surface area contributed by atoms with Crippen molar-refractivity contribution >= 4 is 11.6 Å². The Kier molecular flexibility index (Phi) is 2.24. The minimum absolute atomic E-state index is 0.0272. The molecule has 2 N–H and O–H groups in total. The van der Waals surface area contributed by atoms with Crippen molar-refractivity contribution in [3.8, 4) is 11.5 Å². The number of hydrogen-bond acceptors (Lipinski definition) is 3. The molecule has 1 aliphatic carbocycles. The predicted octanol–water partition coefficient (Wildman–Crippen LogP) is 2.28. The van der Waals surface area contributed by atoms with Gasteiger partial charge in [0.15, 0.2) is 0 Å². The van der Waals surface area contributed by atoms with Gasteiger partial charge in [-0.2, -0.15) is 0 Å². The Morgan fingerprint density at radius 1 is 1.29 bits per heavy atom. The average Bonchev–Trinajstić information content (AvgIpc) is 2.73. The number of nitrogens with one attached hydrogen (secondary N) is 1. The van der Waals surface area contributed by atoms with Gasteiger partial charge in [0, 0.05) is 6.07 Å². The van der Waals surface area contributed by atoms with E-state index in [1.54, 1.807) is 12.1 Å². The molecule has 2 aliphatic rings. The van der Waals surface area contributed by atoms with Crippen LogP contribution in [0, 0.1) is 5.41 Å². The Labute approximate surface area is 99.6 Å². The van der Waals surface area contributed by atoms with Gasteiger partial charge in [-0.05, 0) is 25.0 Å². The number of benzene rings is 1. The van der Waals surface area contributed by atoms with E-state index in [-0.39, 0.29) is 17.1 Å². The molecular formula is C13H15NO3. The van der Waals surface area contributed by atoms with E-state index in [0.29, 0.717) is 18.0 Å². The van der Waals surface area contributed by atoms with Gasteiger partial charge < -0.3 is 15.2 Å². The van der Waals surface area contributed by atoms with E-state index in [1.165, 1.54) is 6.07 Å². The highest BCUT2D eigenvalue weighted by Crippen LogP contribution is 2.43. The molecule has 1 heterocycles. The summed E-state index contributed by atoms with van der Waals surface area (Å²) >= 11 is 0. The zero-order valence-corrected chi connectivity index (χ0v) is 9.53. The third-order valence-electron chi connectivity index (χ3n) is 3.76. The summed E-state index contributed by atoms with van der Waals surface area (Å²) in [4.78, 5) is 12.2. The maximum absolute atomic E-state index is 12.2. The third kappa shape index (κ3) is 1.64. The highest BCUT2D eigenvalue weighted by atomic mass is 16.5. The van der Waals surface area contributed by atoms with Crippen molar-refractivity contribution in [2.75, 3.05) is 11.9 Å². The number of anilines is 1. The Balaban J connectivity index is 1.96. The minimum Gasteiger partial charge on any atom is -0.508 e. The van der Waals surface area contributed by atoms with Crippen molar-refractivity contribution in [2.45, 2.75) is 25.7 Å². The lowest BCUT2D eigenvalue weighted by molar-refractivity contribution is -0.126. The second kappa shape index (κ2) is 3.65. The van der Waals surface area contributed by atoms with Crippen LogP contribution in [0.1, 0.15) is 25.7 Å². The van der Waals surface area contributed by atoms with Crippen LogP contribution in [0.4, 0.5) is 5.69 Å². The monoisotopic (exact) mass is 233 g/mol. The zero-order valence-electron chi connectivity index (χ0n) is 9.53. The highest BCUT2D eigenvalue weighted by molar-refractivity contribution is 5.97. The van der Waals surface area contributed by atoms with Gasteiger partial charge >= 0.3 is 0 Å². The molecule has 1 fully saturated rings. The summed E-state index contributed by atoms with van der Waals surface area (Å²) < 4.78 is 5.72. The number of rotatable bonds is 0. The molecule has 1 amide bonds. The van der Waals surface area contributed by atoms with Crippen molar-refractivity contribution in [2.24, 2.45) is 5.41 Å². The number of aromatic hydroxyl groups is 1. The molecule has 0 radical (unpaired) electrons. The molecule has 90 valence electrons. The Bertz CT molecular complexity index is 464. The van der Waals surface area contributed by atoms with E-state index in [4.69, 9.17) is 4.74 Å². The Hall–Kier alpha value is -1.71. The fourth-order valence-corrected chi connectivity index (χ4v) is 2.70. The van der Waals surface area contributed by atoms with Gasteiger partial charge in [-0.3, -0.25) is 4.79 Å². The first kappa shape index (κ1) is 10.4. The molecule has 0 saturated heterocycles. The lowest BCUT2D eigenvalue weighted by atomic mass is 9.86. The molecule has 0 atom stereocenters. The SMILES string of the molecule is O=C1Nc2cc(O)ccc2OCC12CCCC2. The molecule has 0 bridgehead atoms. The molecule has 3 rings (SSSR count). The summed E-state index contributed by atoms with van der Waals surface area (Å²) in [5.41, 5.74) is 0.202. The number of amides is 1. The number of ether oxygens (including phenoxy) is 1. The third-order valence-corrected chi connectivity index (χ3v) is 3.76. The second-order valence-electron chi connectivity index (χ2n) is 4.91. The van der Waals surface area contributed by atoms with E-state index in [1.807, 2.05) is 0 Å². The summed E-state index contributed by atoms with van der Waals surface area (Å²) in [5.74, 6) is 0.800. The molecule has 0 unspecified atom stereocenters. The van der Waals surface area contributed by atoms with Gasteiger partial charge in [0.25, 0.3) is 0 Å². The largest absolute Gasteiger partial charge is 0.508 e. The van der Waals surface area contributed by atoms with Crippen molar-refractivity contribution in [1.82, 2.24) is 0 Å². The van der Waals surface area contributed by atoms with Gasteiger partial charge in [0.05, 0.1) is 11.1 Å². The summed E-state index contributed by atoms with van der Waals surface area (Å²) in [6.45, 7) is 0.441. The van der Waals surface area contributed by atoms with Crippen LogP contribution in [-0.2, 0) is 4.79 Å². The fraction of sp³-hybridized carbons (Fsp3) is 0.462. The van der Waals surface area contributed by atoms with E-state index >= 15 is 0 Å². The van der Waals surface area contributed by atoms with E-state index < -0.39 is 0 Å². The number of hydrogen-bond donors (Lipinski definition) is 2. The van der Waals surface area contributed by atoms with Crippen LogP contribution in [0.15, 0.2) is 18.2 Å². The first-order chi connectivity index (χ1) is 8.20. The minimum atomic E-state index is -0.366. The van der Waals surface area contributed by atoms with Crippen LogP contribution in [0.25, 0.3) is 0 Å². The van der Waals surface area contributed by atoms with Crippen molar-refractivity contribution in [3.05, 3.63) is 18.2 Å². The summed E-state index contributed by atoms with van der Waals surface area (Å²) in [6, 6.07) is 4.79. The molecule has 4 heteroatoms. The maximum atomic E-state index is 12.2. The first-order valence-corrected chi connectivity index (χ1v) is 5.97. The maximum Gasteiger partial charge on any atom is 0.234 e. The lowest BCUT2D eigenvalue weighted by Crippen LogP contribution is -2.37. The van der Waals surface area contributed by atoms with Gasteiger partial charge in [0.1, 0.15) is 18.1 Å².